The van der Waals surface area contributed by atoms with E-state index in [1.807, 2.05) is 24.3 Å². The summed E-state index contributed by atoms with van der Waals surface area (Å²) in [7, 11) is 0. The molecule has 0 saturated carbocycles. The molecule has 0 bridgehead atoms. The molecule has 0 aliphatic carbocycles. The lowest BCUT2D eigenvalue weighted by molar-refractivity contribution is -0.115. The fourth-order valence-electron chi connectivity index (χ4n) is 2.34. The third kappa shape index (κ3) is 2.91. The summed E-state index contributed by atoms with van der Waals surface area (Å²) in [5, 5.41) is 11.4. The van der Waals surface area contributed by atoms with Gasteiger partial charge in [-0.05, 0) is 35.4 Å². The largest absolute Gasteiger partial charge is 0.309 e. The van der Waals surface area contributed by atoms with Gasteiger partial charge in [0.25, 0.3) is 0 Å². The number of hydrogen-bond acceptors (Lipinski definition) is 4. The molecule has 1 aromatic heterocycles. The Kier molecular flexibility index (Phi) is 3.89. The van der Waals surface area contributed by atoms with Crippen molar-refractivity contribution in [1.82, 2.24) is 4.98 Å². The van der Waals surface area contributed by atoms with Crippen LogP contribution in [0.3, 0.4) is 0 Å². The molecule has 2 aromatic rings. The first-order valence-electron chi connectivity index (χ1n) is 6.64. The molecule has 1 atom stereocenters. The van der Waals surface area contributed by atoms with Gasteiger partial charge in [-0.25, -0.2) is 4.98 Å². The summed E-state index contributed by atoms with van der Waals surface area (Å²) >= 11 is 1.65. The van der Waals surface area contributed by atoms with Crippen LogP contribution >= 0.6 is 11.8 Å². The van der Waals surface area contributed by atoms with Crippen LogP contribution in [0.25, 0.3) is 0 Å². The SMILES string of the molecule is N#Cc1ccc(NC(=O)[C@H]2SCCc3ccccc32)nc1. The molecule has 0 spiro atoms. The van der Waals surface area contributed by atoms with Crippen LogP contribution in [0.4, 0.5) is 5.82 Å². The predicted molar refractivity (Wildman–Crippen MR) is 82.9 cm³/mol. The van der Waals surface area contributed by atoms with E-state index in [1.54, 1.807) is 23.9 Å². The molecule has 4 nitrogen and oxygen atoms in total. The van der Waals surface area contributed by atoms with Crippen LogP contribution in [0.2, 0.25) is 0 Å². The topological polar surface area (TPSA) is 65.8 Å². The van der Waals surface area contributed by atoms with Crippen LogP contribution in [-0.4, -0.2) is 16.6 Å². The number of thioether (sulfide) groups is 1. The van der Waals surface area contributed by atoms with Crippen LogP contribution in [0.15, 0.2) is 42.6 Å². The van der Waals surface area contributed by atoms with E-state index in [9.17, 15) is 4.79 Å². The van der Waals surface area contributed by atoms with Crippen molar-refractivity contribution in [3.63, 3.8) is 0 Å². The van der Waals surface area contributed by atoms with Crippen molar-refractivity contribution in [2.24, 2.45) is 0 Å². The van der Waals surface area contributed by atoms with E-state index in [2.05, 4.69) is 16.4 Å². The number of fused-ring (bicyclic) bond motifs is 1. The quantitative estimate of drug-likeness (QED) is 0.925. The Balaban J connectivity index is 1.78. The number of pyridine rings is 1. The molecular formula is C16H13N3OS. The molecule has 1 aliphatic heterocycles. The molecule has 5 heteroatoms. The zero-order chi connectivity index (χ0) is 14.7. The molecule has 0 radical (unpaired) electrons. The molecule has 2 heterocycles. The van der Waals surface area contributed by atoms with E-state index >= 15 is 0 Å². The highest BCUT2D eigenvalue weighted by molar-refractivity contribution is 8.00. The number of anilines is 1. The smallest absolute Gasteiger partial charge is 0.243 e. The minimum absolute atomic E-state index is 0.0654. The Bertz CT molecular complexity index is 706. The van der Waals surface area contributed by atoms with Gasteiger partial charge in [-0.2, -0.15) is 5.26 Å². The Morgan fingerprint density at radius 3 is 2.95 bits per heavy atom. The first kappa shape index (κ1) is 13.7. The van der Waals surface area contributed by atoms with E-state index in [-0.39, 0.29) is 11.2 Å². The molecular weight excluding hydrogens is 282 g/mol. The summed E-state index contributed by atoms with van der Waals surface area (Å²) in [5.41, 5.74) is 2.80. The number of hydrogen-bond donors (Lipinski definition) is 1. The molecule has 0 saturated heterocycles. The second kappa shape index (κ2) is 5.98. The molecule has 0 fully saturated rings. The standard InChI is InChI=1S/C16H13N3OS/c17-9-11-5-6-14(18-10-11)19-16(20)15-13-4-2-1-3-12(13)7-8-21-15/h1-6,10,15H,7-8H2,(H,18,19,20)/t15-/m0/s1. The molecule has 104 valence electrons. The van der Waals surface area contributed by atoms with Crippen molar-refractivity contribution >= 4 is 23.5 Å². The predicted octanol–water partition coefficient (Wildman–Crippen LogP) is 2.92. The van der Waals surface area contributed by atoms with Gasteiger partial charge in [0.1, 0.15) is 17.1 Å². The van der Waals surface area contributed by atoms with E-state index < -0.39 is 0 Å². The fraction of sp³-hybridized carbons (Fsp3) is 0.188. The molecule has 1 aromatic carbocycles. The van der Waals surface area contributed by atoms with Crippen molar-refractivity contribution in [3.8, 4) is 6.07 Å². The third-order valence-electron chi connectivity index (χ3n) is 3.38. The van der Waals surface area contributed by atoms with Gasteiger partial charge in [0.2, 0.25) is 5.91 Å². The highest BCUT2D eigenvalue weighted by Crippen LogP contribution is 2.37. The number of amides is 1. The number of nitrogens with zero attached hydrogens (tertiary/aromatic N) is 2. The van der Waals surface area contributed by atoms with Gasteiger partial charge in [-0.1, -0.05) is 24.3 Å². The summed E-state index contributed by atoms with van der Waals surface area (Å²) in [6.07, 6.45) is 2.46. The molecule has 0 unspecified atom stereocenters. The third-order valence-corrected chi connectivity index (χ3v) is 4.62. The Morgan fingerprint density at radius 2 is 2.19 bits per heavy atom. The number of benzene rings is 1. The second-order valence-corrected chi connectivity index (χ2v) is 5.95. The summed E-state index contributed by atoms with van der Waals surface area (Å²) in [6, 6.07) is 13.4. The van der Waals surface area contributed by atoms with Crippen molar-refractivity contribution in [2.45, 2.75) is 11.7 Å². The number of aromatic nitrogens is 1. The highest BCUT2D eigenvalue weighted by Gasteiger charge is 2.26. The molecule has 1 aliphatic rings. The van der Waals surface area contributed by atoms with Crippen LogP contribution in [-0.2, 0) is 11.2 Å². The van der Waals surface area contributed by atoms with E-state index in [0.29, 0.717) is 11.4 Å². The van der Waals surface area contributed by atoms with Crippen molar-refractivity contribution < 1.29 is 4.79 Å². The van der Waals surface area contributed by atoms with Gasteiger partial charge in [0.15, 0.2) is 0 Å². The van der Waals surface area contributed by atoms with Gasteiger partial charge in [0.05, 0.1) is 5.56 Å². The normalized spacial score (nSPS) is 16.6. The van der Waals surface area contributed by atoms with E-state index in [1.165, 1.54) is 11.8 Å². The van der Waals surface area contributed by atoms with Crippen LogP contribution in [0.5, 0.6) is 0 Å². The molecule has 1 amide bonds. The molecule has 21 heavy (non-hydrogen) atoms. The van der Waals surface area contributed by atoms with Crippen molar-refractivity contribution in [3.05, 3.63) is 59.3 Å². The summed E-state index contributed by atoms with van der Waals surface area (Å²) < 4.78 is 0. The maximum Gasteiger partial charge on any atom is 0.243 e. The fourth-order valence-corrected chi connectivity index (χ4v) is 3.53. The van der Waals surface area contributed by atoms with Gasteiger partial charge in [-0.3, -0.25) is 4.79 Å². The maximum atomic E-state index is 12.4. The van der Waals surface area contributed by atoms with E-state index in [4.69, 9.17) is 5.26 Å². The number of rotatable bonds is 2. The minimum atomic E-state index is -0.201. The van der Waals surface area contributed by atoms with Crippen molar-refractivity contribution in [2.75, 3.05) is 11.1 Å². The van der Waals surface area contributed by atoms with Gasteiger partial charge < -0.3 is 5.32 Å². The number of nitrogens with one attached hydrogen (secondary N) is 1. The zero-order valence-electron chi connectivity index (χ0n) is 11.2. The van der Waals surface area contributed by atoms with Crippen LogP contribution in [0, 0.1) is 11.3 Å². The first-order valence-corrected chi connectivity index (χ1v) is 7.69. The van der Waals surface area contributed by atoms with Gasteiger partial charge >= 0.3 is 0 Å². The number of carbonyl (C=O) groups is 1. The van der Waals surface area contributed by atoms with E-state index in [0.717, 1.165) is 17.7 Å². The minimum Gasteiger partial charge on any atom is -0.309 e. The van der Waals surface area contributed by atoms with Gasteiger partial charge in [0, 0.05) is 6.20 Å². The number of carbonyl (C=O) groups excluding carboxylic acids is 1. The zero-order valence-corrected chi connectivity index (χ0v) is 12.1. The first-order chi connectivity index (χ1) is 10.3. The van der Waals surface area contributed by atoms with Crippen LogP contribution in [0.1, 0.15) is 21.9 Å². The Hall–Kier alpha value is -2.32. The lowest BCUT2D eigenvalue weighted by Crippen LogP contribution is -2.23. The van der Waals surface area contributed by atoms with Crippen molar-refractivity contribution in [1.29, 1.82) is 5.26 Å². The Labute approximate surface area is 127 Å². The summed E-state index contributed by atoms with van der Waals surface area (Å²) in [6.45, 7) is 0. The summed E-state index contributed by atoms with van der Waals surface area (Å²) in [4.78, 5) is 16.5. The monoisotopic (exact) mass is 295 g/mol. The number of aryl methyl sites for hydroxylation is 1. The molecule has 1 N–H and O–H groups in total. The lowest BCUT2D eigenvalue weighted by atomic mass is 10.0. The number of nitriles is 1. The molecule has 3 rings (SSSR count). The maximum absolute atomic E-state index is 12.4. The summed E-state index contributed by atoms with van der Waals surface area (Å²) in [5.74, 6) is 1.35. The van der Waals surface area contributed by atoms with Crippen LogP contribution < -0.4 is 5.32 Å². The van der Waals surface area contributed by atoms with Gasteiger partial charge in [-0.15, -0.1) is 11.8 Å². The highest BCUT2D eigenvalue weighted by atomic mass is 32.2. The second-order valence-electron chi connectivity index (χ2n) is 4.73. The lowest BCUT2D eigenvalue weighted by Gasteiger charge is -2.24. The average molecular weight is 295 g/mol. The Morgan fingerprint density at radius 1 is 1.33 bits per heavy atom. The average Bonchev–Trinajstić information content (AvgIpc) is 2.55.